The predicted octanol–water partition coefficient (Wildman–Crippen LogP) is 3.17. The molecule has 2 rings (SSSR count). The Kier molecular flexibility index (Phi) is 7.02. The maximum atomic E-state index is 12.2. The Morgan fingerprint density at radius 3 is 2.62 bits per heavy atom. The molecule has 0 heterocycles. The van der Waals surface area contributed by atoms with E-state index in [4.69, 9.17) is 4.74 Å². The van der Waals surface area contributed by atoms with E-state index in [1.54, 1.807) is 36.2 Å². The molecule has 2 aromatic rings. The van der Waals surface area contributed by atoms with Gasteiger partial charge in [0, 0.05) is 32.3 Å². The molecule has 2 N–H and O–H groups in total. The first-order valence-electron chi connectivity index (χ1n) is 8.49. The molecule has 6 nitrogen and oxygen atoms in total. The third-order valence-corrected chi connectivity index (χ3v) is 3.82. The Balaban J connectivity index is 1.74. The minimum Gasteiger partial charge on any atom is -0.492 e. The smallest absolute Gasteiger partial charge is 0.317 e. The minimum atomic E-state index is -0.149. The molecule has 3 amide bonds. The molecule has 0 aromatic heterocycles. The van der Waals surface area contributed by atoms with Gasteiger partial charge in [-0.15, -0.1) is 0 Å². The lowest BCUT2D eigenvalue weighted by Crippen LogP contribution is -2.38. The number of amides is 3. The van der Waals surface area contributed by atoms with Gasteiger partial charge in [-0.05, 0) is 30.2 Å². The van der Waals surface area contributed by atoms with E-state index in [2.05, 4.69) is 10.6 Å². The lowest BCUT2D eigenvalue weighted by atomic mass is 10.1. The molecular weight excluding hydrogens is 330 g/mol. The fraction of sp³-hybridized carbons (Fsp3) is 0.300. The van der Waals surface area contributed by atoms with Crippen molar-refractivity contribution in [3.8, 4) is 5.75 Å². The molecule has 0 aliphatic carbocycles. The first-order valence-corrected chi connectivity index (χ1v) is 8.49. The van der Waals surface area contributed by atoms with E-state index in [9.17, 15) is 9.59 Å². The molecule has 0 fully saturated rings. The number of carbonyl (C=O) groups excluding carboxylic acids is 2. The van der Waals surface area contributed by atoms with Crippen LogP contribution >= 0.6 is 0 Å². The Morgan fingerprint density at radius 2 is 1.88 bits per heavy atom. The predicted molar refractivity (Wildman–Crippen MR) is 102 cm³/mol. The summed E-state index contributed by atoms with van der Waals surface area (Å²) in [6, 6.07) is 15.0. The summed E-state index contributed by atoms with van der Waals surface area (Å²) in [6.45, 7) is 4.77. The van der Waals surface area contributed by atoms with Crippen molar-refractivity contribution < 1.29 is 14.3 Å². The quantitative estimate of drug-likeness (QED) is 0.750. The van der Waals surface area contributed by atoms with Crippen molar-refractivity contribution in [3.05, 3.63) is 59.7 Å². The molecule has 26 heavy (non-hydrogen) atoms. The first-order chi connectivity index (χ1) is 12.5. The molecule has 0 bridgehead atoms. The number of benzene rings is 2. The van der Waals surface area contributed by atoms with Gasteiger partial charge < -0.3 is 20.3 Å². The molecule has 0 saturated carbocycles. The number of anilines is 1. The lowest BCUT2D eigenvalue weighted by molar-refractivity contribution is -0.114. The number of rotatable bonds is 7. The van der Waals surface area contributed by atoms with Crippen LogP contribution in [0.25, 0.3) is 0 Å². The minimum absolute atomic E-state index is 0.133. The molecule has 0 radical (unpaired) electrons. The summed E-state index contributed by atoms with van der Waals surface area (Å²) in [7, 11) is 1.76. The van der Waals surface area contributed by atoms with Gasteiger partial charge in [-0.25, -0.2) is 4.79 Å². The summed E-state index contributed by atoms with van der Waals surface area (Å²) in [4.78, 5) is 24.9. The highest BCUT2D eigenvalue weighted by Crippen LogP contribution is 2.17. The highest BCUT2D eigenvalue weighted by atomic mass is 16.5. The Bertz CT molecular complexity index is 761. The summed E-state index contributed by atoms with van der Waals surface area (Å²) in [5.41, 5.74) is 2.96. The Labute approximate surface area is 154 Å². The van der Waals surface area contributed by atoms with E-state index < -0.39 is 0 Å². The van der Waals surface area contributed by atoms with Gasteiger partial charge in [0.05, 0.1) is 6.54 Å². The average molecular weight is 355 g/mol. The van der Waals surface area contributed by atoms with Gasteiger partial charge in [-0.1, -0.05) is 30.3 Å². The molecule has 2 aromatic carbocycles. The van der Waals surface area contributed by atoms with Crippen LogP contribution in [0.4, 0.5) is 10.5 Å². The summed E-state index contributed by atoms with van der Waals surface area (Å²) in [6.07, 6.45) is 0. The van der Waals surface area contributed by atoms with Crippen molar-refractivity contribution >= 4 is 17.6 Å². The Morgan fingerprint density at radius 1 is 1.12 bits per heavy atom. The zero-order chi connectivity index (χ0) is 18.9. The zero-order valence-corrected chi connectivity index (χ0v) is 15.4. The van der Waals surface area contributed by atoms with Crippen LogP contribution in [-0.4, -0.2) is 37.0 Å². The van der Waals surface area contributed by atoms with Gasteiger partial charge in [0.25, 0.3) is 0 Å². The number of ether oxygens (including phenoxy) is 1. The van der Waals surface area contributed by atoms with Crippen molar-refractivity contribution in [2.45, 2.75) is 20.4 Å². The summed E-state index contributed by atoms with van der Waals surface area (Å²) in [5.74, 6) is 0.505. The standard InChI is InChI=1S/C20H25N3O3/c1-15-7-4-5-8-17(15)14-23(3)20(25)21-11-12-26-19-10-6-9-18(13-19)22-16(2)24/h4-10,13H,11-12,14H2,1-3H3,(H,21,25)(H,22,24). The van der Waals surface area contributed by atoms with Crippen LogP contribution in [0.15, 0.2) is 48.5 Å². The van der Waals surface area contributed by atoms with E-state index in [1.165, 1.54) is 6.92 Å². The second-order valence-electron chi connectivity index (χ2n) is 6.07. The molecule has 0 aliphatic rings. The number of carbonyl (C=O) groups is 2. The van der Waals surface area contributed by atoms with Gasteiger partial charge in [0.15, 0.2) is 0 Å². The number of hydrogen-bond donors (Lipinski definition) is 2. The molecule has 138 valence electrons. The van der Waals surface area contributed by atoms with Gasteiger partial charge >= 0.3 is 6.03 Å². The zero-order valence-electron chi connectivity index (χ0n) is 15.4. The maximum absolute atomic E-state index is 12.2. The van der Waals surface area contributed by atoms with Gasteiger partial charge in [0.2, 0.25) is 5.91 Å². The van der Waals surface area contributed by atoms with Crippen molar-refractivity contribution in [1.82, 2.24) is 10.2 Å². The van der Waals surface area contributed by atoms with Crippen LogP contribution in [0, 0.1) is 6.92 Å². The molecule has 0 aliphatic heterocycles. The lowest BCUT2D eigenvalue weighted by Gasteiger charge is -2.19. The topological polar surface area (TPSA) is 70.7 Å². The molecule has 0 atom stereocenters. The largest absolute Gasteiger partial charge is 0.492 e. The second-order valence-corrected chi connectivity index (χ2v) is 6.07. The van der Waals surface area contributed by atoms with Crippen molar-refractivity contribution in [1.29, 1.82) is 0 Å². The first kappa shape index (κ1) is 19.3. The van der Waals surface area contributed by atoms with E-state index in [-0.39, 0.29) is 11.9 Å². The maximum Gasteiger partial charge on any atom is 0.317 e. The summed E-state index contributed by atoms with van der Waals surface area (Å²) >= 11 is 0. The van der Waals surface area contributed by atoms with Gasteiger partial charge in [-0.3, -0.25) is 4.79 Å². The van der Waals surface area contributed by atoms with Crippen LogP contribution < -0.4 is 15.4 Å². The SMILES string of the molecule is CC(=O)Nc1cccc(OCCNC(=O)N(C)Cc2ccccc2C)c1. The highest BCUT2D eigenvalue weighted by molar-refractivity contribution is 5.88. The molecule has 0 saturated heterocycles. The van der Waals surface area contributed by atoms with Gasteiger partial charge in [-0.2, -0.15) is 0 Å². The number of urea groups is 1. The third-order valence-electron chi connectivity index (χ3n) is 3.82. The van der Waals surface area contributed by atoms with Crippen molar-refractivity contribution in [2.75, 3.05) is 25.5 Å². The highest BCUT2D eigenvalue weighted by Gasteiger charge is 2.09. The summed E-state index contributed by atoms with van der Waals surface area (Å²) in [5, 5.41) is 5.53. The fourth-order valence-corrected chi connectivity index (χ4v) is 2.44. The number of hydrogen-bond acceptors (Lipinski definition) is 3. The monoisotopic (exact) mass is 355 g/mol. The number of nitrogens with one attached hydrogen (secondary N) is 2. The molecule has 0 spiro atoms. The number of aryl methyl sites for hydroxylation is 1. The Hall–Kier alpha value is -3.02. The van der Waals surface area contributed by atoms with Crippen molar-refractivity contribution in [2.24, 2.45) is 0 Å². The molecule has 0 unspecified atom stereocenters. The van der Waals surface area contributed by atoms with E-state index in [0.29, 0.717) is 31.1 Å². The van der Waals surface area contributed by atoms with Crippen molar-refractivity contribution in [3.63, 3.8) is 0 Å². The van der Waals surface area contributed by atoms with E-state index in [1.807, 2.05) is 31.2 Å². The molecule has 6 heteroatoms. The van der Waals surface area contributed by atoms with Crippen LogP contribution in [0.2, 0.25) is 0 Å². The van der Waals surface area contributed by atoms with Crippen LogP contribution in [-0.2, 0) is 11.3 Å². The van der Waals surface area contributed by atoms with E-state index in [0.717, 1.165) is 11.1 Å². The fourth-order valence-electron chi connectivity index (χ4n) is 2.44. The van der Waals surface area contributed by atoms with Crippen LogP contribution in [0.1, 0.15) is 18.1 Å². The van der Waals surface area contributed by atoms with Gasteiger partial charge in [0.1, 0.15) is 12.4 Å². The molecular formula is C20H25N3O3. The summed E-state index contributed by atoms with van der Waals surface area (Å²) < 4.78 is 5.61. The van der Waals surface area contributed by atoms with Crippen LogP contribution in [0.5, 0.6) is 5.75 Å². The van der Waals surface area contributed by atoms with E-state index >= 15 is 0 Å². The number of nitrogens with zero attached hydrogens (tertiary/aromatic N) is 1. The average Bonchev–Trinajstić information content (AvgIpc) is 2.60. The normalized spacial score (nSPS) is 10.1. The third kappa shape index (κ3) is 6.12. The van der Waals surface area contributed by atoms with Crippen LogP contribution in [0.3, 0.4) is 0 Å². The second kappa shape index (κ2) is 9.46.